The lowest BCUT2D eigenvalue weighted by Gasteiger charge is -2.11. The summed E-state index contributed by atoms with van der Waals surface area (Å²) in [6, 6.07) is 7.41. The highest BCUT2D eigenvalue weighted by Crippen LogP contribution is 2.16. The van der Waals surface area contributed by atoms with Crippen LogP contribution >= 0.6 is 0 Å². The van der Waals surface area contributed by atoms with E-state index in [9.17, 15) is 20.0 Å². The number of benzene rings is 1. The summed E-state index contributed by atoms with van der Waals surface area (Å²) in [5, 5.41) is 20.4. The zero-order valence-electron chi connectivity index (χ0n) is 11.2. The average Bonchev–Trinajstić information content (AvgIpc) is 2.42. The standard InChI is InChI=1S/C14H14N2O4/c1-9-7-13(17)15(14(18)10(9)2)8-11-3-5-12(6-4-11)16(19)20/h3-7,17H,8H2,1-2H3. The number of pyridine rings is 1. The van der Waals surface area contributed by atoms with Gasteiger partial charge < -0.3 is 5.11 Å². The summed E-state index contributed by atoms with van der Waals surface area (Å²) in [5.74, 6) is -0.114. The maximum atomic E-state index is 12.1. The first-order chi connectivity index (χ1) is 9.40. The van der Waals surface area contributed by atoms with Crippen LogP contribution in [0.5, 0.6) is 5.88 Å². The van der Waals surface area contributed by atoms with Gasteiger partial charge in [0.2, 0.25) is 0 Å². The Morgan fingerprint density at radius 2 is 1.85 bits per heavy atom. The van der Waals surface area contributed by atoms with Crippen LogP contribution in [-0.4, -0.2) is 14.6 Å². The number of nitro benzene ring substituents is 1. The van der Waals surface area contributed by atoms with E-state index in [1.54, 1.807) is 26.0 Å². The third-order valence-corrected chi connectivity index (χ3v) is 3.27. The summed E-state index contributed by atoms with van der Waals surface area (Å²) >= 11 is 0. The van der Waals surface area contributed by atoms with E-state index >= 15 is 0 Å². The molecule has 104 valence electrons. The molecule has 1 aromatic carbocycles. The number of hydrogen-bond acceptors (Lipinski definition) is 4. The summed E-state index contributed by atoms with van der Waals surface area (Å²) in [7, 11) is 0. The minimum Gasteiger partial charge on any atom is -0.494 e. The van der Waals surface area contributed by atoms with Crippen LogP contribution < -0.4 is 5.56 Å². The Morgan fingerprint density at radius 1 is 1.25 bits per heavy atom. The molecule has 0 radical (unpaired) electrons. The predicted molar refractivity (Wildman–Crippen MR) is 74.0 cm³/mol. The molecule has 0 aliphatic heterocycles. The van der Waals surface area contributed by atoms with Crippen LogP contribution in [0.4, 0.5) is 5.69 Å². The fraction of sp³-hybridized carbons (Fsp3) is 0.214. The molecular formula is C14H14N2O4. The Hall–Kier alpha value is -2.63. The molecule has 0 aliphatic rings. The van der Waals surface area contributed by atoms with Crippen molar-refractivity contribution in [1.29, 1.82) is 0 Å². The van der Waals surface area contributed by atoms with Crippen molar-refractivity contribution >= 4 is 5.69 Å². The van der Waals surface area contributed by atoms with Crippen LogP contribution in [0.3, 0.4) is 0 Å². The molecule has 1 N–H and O–H groups in total. The van der Waals surface area contributed by atoms with E-state index in [4.69, 9.17) is 0 Å². The molecule has 2 aromatic rings. The highest BCUT2D eigenvalue weighted by Gasteiger charge is 2.10. The van der Waals surface area contributed by atoms with E-state index in [2.05, 4.69) is 0 Å². The van der Waals surface area contributed by atoms with E-state index in [1.165, 1.54) is 22.8 Å². The normalized spacial score (nSPS) is 10.5. The van der Waals surface area contributed by atoms with Gasteiger partial charge in [-0.1, -0.05) is 12.1 Å². The van der Waals surface area contributed by atoms with Crippen LogP contribution in [0, 0.1) is 24.0 Å². The Balaban J connectivity index is 2.38. The average molecular weight is 274 g/mol. The minimum atomic E-state index is -0.483. The lowest BCUT2D eigenvalue weighted by atomic mass is 10.1. The van der Waals surface area contributed by atoms with E-state index < -0.39 is 4.92 Å². The predicted octanol–water partition coefficient (Wildman–Crippen LogP) is 2.13. The molecule has 0 bridgehead atoms. The molecule has 1 heterocycles. The molecule has 0 unspecified atom stereocenters. The molecule has 6 nitrogen and oxygen atoms in total. The van der Waals surface area contributed by atoms with Crippen molar-refractivity contribution in [3.8, 4) is 5.88 Å². The number of non-ortho nitro benzene ring substituents is 1. The maximum Gasteiger partial charge on any atom is 0.269 e. The summed E-state index contributed by atoms with van der Waals surface area (Å²) in [6.07, 6.45) is 0. The molecular weight excluding hydrogens is 260 g/mol. The molecule has 0 fully saturated rings. The molecule has 0 saturated carbocycles. The first-order valence-electron chi connectivity index (χ1n) is 6.03. The molecule has 0 amide bonds. The van der Waals surface area contributed by atoms with Gasteiger partial charge in [-0.2, -0.15) is 0 Å². The van der Waals surface area contributed by atoms with E-state index in [0.29, 0.717) is 11.1 Å². The number of rotatable bonds is 3. The molecule has 0 aliphatic carbocycles. The lowest BCUT2D eigenvalue weighted by molar-refractivity contribution is -0.384. The van der Waals surface area contributed by atoms with Crippen molar-refractivity contribution < 1.29 is 10.0 Å². The second-order valence-electron chi connectivity index (χ2n) is 4.63. The van der Waals surface area contributed by atoms with Gasteiger partial charge in [0.15, 0.2) is 5.88 Å². The van der Waals surface area contributed by atoms with Crippen molar-refractivity contribution in [2.75, 3.05) is 0 Å². The Morgan fingerprint density at radius 3 is 2.40 bits per heavy atom. The van der Waals surface area contributed by atoms with Gasteiger partial charge in [-0.05, 0) is 25.0 Å². The highest BCUT2D eigenvalue weighted by atomic mass is 16.6. The Kier molecular flexibility index (Phi) is 3.56. The molecule has 1 aromatic heterocycles. The van der Waals surface area contributed by atoms with E-state index in [-0.39, 0.29) is 23.7 Å². The first kappa shape index (κ1) is 13.8. The van der Waals surface area contributed by atoms with Gasteiger partial charge in [-0.25, -0.2) is 0 Å². The number of aromatic hydroxyl groups is 1. The molecule has 20 heavy (non-hydrogen) atoms. The van der Waals surface area contributed by atoms with Gasteiger partial charge in [0.25, 0.3) is 11.2 Å². The molecule has 2 rings (SSSR count). The van der Waals surface area contributed by atoms with Crippen molar-refractivity contribution in [3.63, 3.8) is 0 Å². The van der Waals surface area contributed by atoms with Gasteiger partial charge >= 0.3 is 0 Å². The number of nitrogens with zero attached hydrogens (tertiary/aromatic N) is 2. The van der Waals surface area contributed by atoms with Crippen LogP contribution in [0.2, 0.25) is 0 Å². The van der Waals surface area contributed by atoms with Crippen LogP contribution in [0.25, 0.3) is 0 Å². The van der Waals surface area contributed by atoms with Crippen molar-refractivity contribution in [1.82, 2.24) is 4.57 Å². The number of nitro groups is 1. The highest BCUT2D eigenvalue weighted by molar-refractivity contribution is 5.34. The largest absolute Gasteiger partial charge is 0.494 e. The van der Waals surface area contributed by atoms with E-state index in [1.807, 2.05) is 0 Å². The van der Waals surface area contributed by atoms with Crippen molar-refractivity contribution in [2.24, 2.45) is 0 Å². The SMILES string of the molecule is Cc1cc(O)n(Cc2ccc([N+](=O)[O-])cc2)c(=O)c1C. The van der Waals surface area contributed by atoms with E-state index in [0.717, 1.165) is 5.56 Å². The molecule has 0 atom stereocenters. The fourth-order valence-corrected chi connectivity index (χ4v) is 1.91. The smallest absolute Gasteiger partial charge is 0.269 e. The number of aromatic nitrogens is 1. The van der Waals surface area contributed by atoms with Crippen molar-refractivity contribution in [2.45, 2.75) is 20.4 Å². The van der Waals surface area contributed by atoms with Gasteiger partial charge in [0.1, 0.15) is 0 Å². The van der Waals surface area contributed by atoms with Gasteiger partial charge in [0.05, 0.1) is 11.5 Å². The van der Waals surface area contributed by atoms with Gasteiger partial charge in [-0.15, -0.1) is 0 Å². The Bertz CT molecular complexity index is 717. The lowest BCUT2D eigenvalue weighted by Crippen LogP contribution is -2.23. The summed E-state index contributed by atoms with van der Waals surface area (Å²) < 4.78 is 1.24. The Labute approximate surface area is 115 Å². The van der Waals surface area contributed by atoms with Crippen molar-refractivity contribution in [3.05, 3.63) is 67.5 Å². The second kappa shape index (κ2) is 5.16. The zero-order valence-corrected chi connectivity index (χ0v) is 11.2. The third kappa shape index (κ3) is 2.54. The molecule has 0 spiro atoms. The summed E-state index contributed by atoms with van der Waals surface area (Å²) in [5.41, 5.74) is 1.74. The maximum absolute atomic E-state index is 12.1. The van der Waals surface area contributed by atoms with Crippen LogP contribution in [0.15, 0.2) is 35.1 Å². The second-order valence-corrected chi connectivity index (χ2v) is 4.63. The first-order valence-corrected chi connectivity index (χ1v) is 6.03. The summed E-state index contributed by atoms with van der Waals surface area (Å²) in [4.78, 5) is 22.2. The summed E-state index contributed by atoms with van der Waals surface area (Å²) in [6.45, 7) is 3.62. The molecule has 6 heteroatoms. The third-order valence-electron chi connectivity index (χ3n) is 3.27. The fourth-order valence-electron chi connectivity index (χ4n) is 1.91. The quantitative estimate of drug-likeness (QED) is 0.686. The van der Waals surface area contributed by atoms with Crippen LogP contribution in [0.1, 0.15) is 16.7 Å². The van der Waals surface area contributed by atoms with Gasteiger partial charge in [0, 0.05) is 23.8 Å². The minimum absolute atomic E-state index is 0.00888. The van der Waals surface area contributed by atoms with Crippen LogP contribution in [-0.2, 0) is 6.54 Å². The zero-order chi connectivity index (χ0) is 14.9. The van der Waals surface area contributed by atoms with Gasteiger partial charge in [-0.3, -0.25) is 19.5 Å². The molecule has 0 saturated heterocycles. The monoisotopic (exact) mass is 274 g/mol. The number of hydrogen-bond donors (Lipinski definition) is 1. The topological polar surface area (TPSA) is 85.4 Å². The number of aryl methyl sites for hydroxylation is 1.